The molecule has 128 valence electrons. The normalized spacial score (nSPS) is 25.3. The number of hydrogen-bond donors (Lipinski definition) is 2. The van der Waals surface area contributed by atoms with E-state index < -0.39 is 0 Å². The Bertz CT molecular complexity index is 689. The number of H-pyrrole nitrogens is 1. The van der Waals surface area contributed by atoms with Gasteiger partial charge in [0.2, 0.25) is 0 Å². The molecule has 1 saturated heterocycles. The van der Waals surface area contributed by atoms with E-state index in [-0.39, 0.29) is 18.1 Å². The number of carbonyl (C=O) groups is 1. The minimum atomic E-state index is -0.213. The summed E-state index contributed by atoms with van der Waals surface area (Å²) in [5.74, 6) is 0.609. The molecule has 2 aliphatic rings. The maximum absolute atomic E-state index is 12.6. The van der Waals surface area contributed by atoms with Crippen LogP contribution in [0.5, 0.6) is 0 Å². The standard InChI is InChI=1S/C17H22N4O3/c22-15-4-1-3-14(15)20-6-8-21(9-7-20)17(23)13-11-12(18-19-13)16-5-2-10-24-16/h2,5,10-11,14-15,22H,1,3-4,6-9H2,(H,18,19)/t14-,15+/m0/s1. The maximum atomic E-state index is 12.6. The molecule has 2 fully saturated rings. The van der Waals surface area contributed by atoms with Crippen LogP contribution >= 0.6 is 0 Å². The Kier molecular flexibility index (Phi) is 4.12. The van der Waals surface area contributed by atoms with Crippen LogP contribution in [0.25, 0.3) is 11.5 Å². The van der Waals surface area contributed by atoms with Crippen LogP contribution in [0.3, 0.4) is 0 Å². The molecule has 7 nitrogen and oxygen atoms in total. The number of nitrogens with one attached hydrogen (secondary N) is 1. The van der Waals surface area contributed by atoms with E-state index in [2.05, 4.69) is 15.1 Å². The molecule has 1 aliphatic heterocycles. The first kappa shape index (κ1) is 15.4. The van der Waals surface area contributed by atoms with Crippen molar-refractivity contribution < 1.29 is 14.3 Å². The molecular formula is C17H22N4O3. The van der Waals surface area contributed by atoms with Gasteiger partial charge in [-0.3, -0.25) is 14.8 Å². The molecule has 3 heterocycles. The van der Waals surface area contributed by atoms with Gasteiger partial charge in [-0.2, -0.15) is 5.10 Å². The summed E-state index contributed by atoms with van der Waals surface area (Å²) in [7, 11) is 0. The van der Waals surface area contributed by atoms with Crippen molar-refractivity contribution in [2.24, 2.45) is 0 Å². The van der Waals surface area contributed by atoms with E-state index in [0.717, 1.165) is 32.4 Å². The van der Waals surface area contributed by atoms with Gasteiger partial charge in [0.25, 0.3) is 5.91 Å². The maximum Gasteiger partial charge on any atom is 0.274 e. The van der Waals surface area contributed by atoms with Crippen molar-refractivity contribution >= 4 is 5.91 Å². The zero-order valence-electron chi connectivity index (χ0n) is 13.5. The van der Waals surface area contributed by atoms with E-state index in [4.69, 9.17) is 4.42 Å². The average Bonchev–Trinajstić information content (AvgIpc) is 3.35. The molecule has 2 aromatic rings. The van der Waals surface area contributed by atoms with Crippen molar-refractivity contribution in [3.05, 3.63) is 30.2 Å². The highest BCUT2D eigenvalue weighted by Crippen LogP contribution is 2.25. The fraction of sp³-hybridized carbons (Fsp3) is 0.529. The Balaban J connectivity index is 1.38. The smallest absolute Gasteiger partial charge is 0.274 e. The molecule has 1 amide bonds. The average molecular weight is 330 g/mol. The predicted octanol–water partition coefficient (Wildman–Crippen LogP) is 1.34. The molecule has 4 rings (SSSR count). The molecule has 1 aliphatic carbocycles. The third-order valence-corrected chi connectivity index (χ3v) is 5.10. The second kappa shape index (κ2) is 6.41. The van der Waals surface area contributed by atoms with Crippen LogP contribution < -0.4 is 0 Å². The first-order valence-corrected chi connectivity index (χ1v) is 8.53. The zero-order chi connectivity index (χ0) is 16.5. The van der Waals surface area contributed by atoms with Crippen molar-refractivity contribution in [1.29, 1.82) is 0 Å². The highest BCUT2D eigenvalue weighted by atomic mass is 16.3. The summed E-state index contributed by atoms with van der Waals surface area (Å²) in [6.45, 7) is 2.96. The largest absolute Gasteiger partial charge is 0.463 e. The van der Waals surface area contributed by atoms with Crippen molar-refractivity contribution in [2.45, 2.75) is 31.4 Å². The summed E-state index contributed by atoms with van der Waals surface area (Å²) in [5, 5.41) is 17.0. The molecule has 0 bridgehead atoms. The predicted molar refractivity (Wildman–Crippen MR) is 87.4 cm³/mol. The lowest BCUT2D eigenvalue weighted by molar-refractivity contribution is 0.0313. The van der Waals surface area contributed by atoms with Gasteiger partial charge in [0.1, 0.15) is 5.69 Å². The van der Waals surface area contributed by atoms with Crippen LogP contribution in [0.4, 0.5) is 0 Å². The van der Waals surface area contributed by atoms with Crippen molar-refractivity contribution in [3.63, 3.8) is 0 Å². The summed E-state index contributed by atoms with van der Waals surface area (Å²) < 4.78 is 5.31. The number of amides is 1. The summed E-state index contributed by atoms with van der Waals surface area (Å²) in [6, 6.07) is 5.62. The van der Waals surface area contributed by atoms with Gasteiger partial charge in [0.05, 0.1) is 12.4 Å². The molecule has 0 unspecified atom stereocenters. The van der Waals surface area contributed by atoms with E-state index >= 15 is 0 Å². The Labute approximate surface area is 140 Å². The Morgan fingerprint density at radius 3 is 2.79 bits per heavy atom. The number of rotatable bonds is 3. The molecule has 1 saturated carbocycles. The van der Waals surface area contributed by atoms with E-state index in [1.165, 1.54) is 0 Å². The number of aliphatic hydroxyl groups is 1. The second-order valence-corrected chi connectivity index (χ2v) is 6.54. The number of piperazine rings is 1. The summed E-state index contributed by atoms with van der Waals surface area (Å²) in [5.41, 5.74) is 1.12. The second-order valence-electron chi connectivity index (χ2n) is 6.54. The summed E-state index contributed by atoms with van der Waals surface area (Å²) in [6.07, 6.45) is 4.42. The Morgan fingerprint density at radius 2 is 2.12 bits per heavy atom. The van der Waals surface area contributed by atoms with Gasteiger partial charge in [0, 0.05) is 38.3 Å². The number of aliphatic hydroxyl groups excluding tert-OH is 1. The fourth-order valence-corrected chi connectivity index (χ4v) is 3.75. The van der Waals surface area contributed by atoms with E-state index in [9.17, 15) is 9.90 Å². The van der Waals surface area contributed by atoms with E-state index in [1.807, 2.05) is 11.0 Å². The lowest BCUT2D eigenvalue weighted by Crippen LogP contribution is -2.53. The van der Waals surface area contributed by atoms with E-state index in [1.54, 1.807) is 18.4 Å². The molecule has 7 heteroatoms. The van der Waals surface area contributed by atoms with Gasteiger partial charge < -0.3 is 14.4 Å². The molecule has 0 aromatic carbocycles. The lowest BCUT2D eigenvalue weighted by atomic mass is 10.1. The molecule has 2 atom stereocenters. The van der Waals surface area contributed by atoms with E-state index in [0.29, 0.717) is 30.2 Å². The molecule has 0 radical (unpaired) electrons. The third kappa shape index (κ3) is 2.85. The van der Waals surface area contributed by atoms with Gasteiger partial charge in [-0.15, -0.1) is 0 Å². The molecule has 24 heavy (non-hydrogen) atoms. The Morgan fingerprint density at radius 1 is 1.29 bits per heavy atom. The highest BCUT2D eigenvalue weighted by molar-refractivity contribution is 5.93. The number of nitrogens with zero attached hydrogens (tertiary/aromatic N) is 3. The first-order valence-electron chi connectivity index (χ1n) is 8.53. The quantitative estimate of drug-likeness (QED) is 0.887. The molecule has 2 aromatic heterocycles. The minimum Gasteiger partial charge on any atom is -0.463 e. The van der Waals surface area contributed by atoms with Crippen LogP contribution in [0.1, 0.15) is 29.8 Å². The number of carbonyl (C=O) groups excluding carboxylic acids is 1. The Hall–Kier alpha value is -2.12. The fourth-order valence-electron chi connectivity index (χ4n) is 3.75. The molecule has 2 N–H and O–H groups in total. The zero-order valence-corrected chi connectivity index (χ0v) is 13.5. The number of aromatic amines is 1. The van der Waals surface area contributed by atoms with Gasteiger partial charge >= 0.3 is 0 Å². The van der Waals surface area contributed by atoms with Gasteiger partial charge in [-0.1, -0.05) is 0 Å². The number of aromatic nitrogens is 2. The number of furan rings is 1. The van der Waals surface area contributed by atoms with Crippen LogP contribution in [-0.4, -0.2) is 69.3 Å². The van der Waals surface area contributed by atoms with Crippen LogP contribution in [0.2, 0.25) is 0 Å². The molecule has 0 spiro atoms. The van der Waals surface area contributed by atoms with Gasteiger partial charge in [-0.25, -0.2) is 0 Å². The van der Waals surface area contributed by atoms with Gasteiger partial charge in [0.15, 0.2) is 11.5 Å². The SMILES string of the molecule is O=C(c1cc(-c2ccco2)[nH]n1)N1CCN([C@H]2CCC[C@H]2O)CC1. The topological polar surface area (TPSA) is 85.6 Å². The number of hydrogen-bond acceptors (Lipinski definition) is 5. The third-order valence-electron chi connectivity index (χ3n) is 5.10. The minimum absolute atomic E-state index is 0.0596. The van der Waals surface area contributed by atoms with Crippen molar-refractivity contribution in [1.82, 2.24) is 20.0 Å². The van der Waals surface area contributed by atoms with Crippen LogP contribution in [-0.2, 0) is 0 Å². The molecular weight excluding hydrogens is 308 g/mol. The van der Waals surface area contributed by atoms with Crippen molar-refractivity contribution in [2.75, 3.05) is 26.2 Å². The summed E-state index contributed by atoms with van der Waals surface area (Å²) in [4.78, 5) is 16.8. The van der Waals surface area contributed by atoms with Gasteiger partial charge in [-0.05, 0) is 31.4 Å². The highest BCUT2D eigenvalue weighted by Gasteiger charge is 2.33. The van der Waals surface area contributed by atoms with Crippen molar-refractivity contribution in [3.8, 4) is 11.5 Å². The van der Waals surface area contributed by atoms with Crippen LogP contribution in [0.15, 0.2) is 28.9 Å². The lowest BCUT2D eigenvalue weighted by Gasteiger charge is -2.38. The van der Waals surface area contributed by atoms with Crippen LogP contribution in [0, 0.1) is 0 Å². The monoisotopic (exact) mass is 330 g/mol. The first-order chi connectivity index (χ1) is 11.7. The summed E-state index contributed by atoms with van der Waals surface area (Å²) >= 11 is 0.